The van der Waals surface area contributed by atoms with Crippen molar-refractivity contribution in [2.24, 2.45) is 0 Å². The van der Waals surface area contributed by atoms with E-state index in [1.165, 1.54) is 0 Å². The van der Waals surface area contributed by atoms with E-state index in [1.807, 2.05) is 6.92 Å². The molecular formula is C11H19N3O3S2. The van der Waals surface area contributed by atoms with Gasteiger partial charge in [-0.25, -0.2) is 8.42 Å². The average Bonchev–Trinajstić information content (AvgIpc) is 3.15. The molecular weight excluding hydrogens is 286 g/mol. The molecule has 0 saturated heterocycles. The molecule has 1 heterocycles. The van der Waals surface area contributed by atoms with Gasteiger partial charge in [-0.05, 0) is 37.7 Å². The molecule has 6 nitrogen and oxygen atoms in total. The Morgan fingerprint density at radius 1 is 1.53 bits per heavy atom. The van der Waals surface area contributed by atoms with Crippen LogP contribution in [0, 0.1) is 0 Å². The van der Waals surface area contributed by atoms with Gasteiger partial charge < -0.3 is 15.8 Å². The first-order valence-corrected chi connectivity index (χ1v) is 8.70. The Morgan fingerprint density at radius 3 is 2.89 bits per heavy atom. The summed E-state index contributed by atoms with van der Waals surface area (Å²) in [5.41, 5.74) is 5.70. The van der Waals surface area contributed by atoms with Crippen LogP contribution >= 0.6 is 11.5 Å². The Hall–Kier alpha value is -0.860. The number of aromatic nitrogens is 1. The molecule has 0 bridgehead atoms. The van der Waals surface area contributed by atoms with Gasteiger partial charge in [-0.2, -0.15) is 4.37 Å². The van der Waals surface area contributed by atoms with Crippen LogP contribution in [-0.2, 0) is 14.6 Å². The summed E-state index contributed by atoms with van der Waals surface area (Å²) < 4.78 is 33.7. The first-order valence-electron chi connectivity index (χ1n) is 6.38. The molecule has 1 fully saturated rings. The van der Waals surface area contributed by atoms with E-state index in [2.05, 4.69) is 9.69 Å². The molecule has 108 valence electrons. The summed E-state index contributed by atoms with van der Waals surface area (Å²) in [5, 5.41) is 3.39. The highest BCUT2D eigenvalue weighted by molar-refractivity contribution is 7.92. The molecule has 0 amide bonds. The zero-order valence-electron chi connectivity index (χ0n) is 10.9. The third-order valence-corrected chi connectivity index (χ3v) is 6.16. The molecule has 0 atom stereocenters. The van der Waals surface area contributed by atoms with Crippen LogP contribution in [0.15, 0.2) is 4.90 Å². The van der Waals surface area contributed by atoms with E-state index >= 15 is 0 Å². The van der Waals surface area contributed by atoms with Crippen molar-refractivity contribution in [2.75, 3.05) is 30.8 Å². The Labute approximate surface area is 117 Å². The number of ether oxygens (including phenoxy) is 1. The second-order valence-corrected chi connectivity index (χ2v) is 7.39. The van der Waals surface area contributed by atoms with Gasteiger partial charge in [-0.15, -0.1) is 0 Å². The summed E-state index contributed by atoms with van der Waals surface area (Å²) in [6.07, 6.45) is 2.26. The molecule has 19 heavy (non-hydrogen) atoms. The second kappa shape index (κ2) is 6.06. The van der Waals surface area contributed by atoms with Crippen LogP contribution < -0.4 is 11.1 Å². The predicted octanol–water partition coefficient (Wildman–Crippen LogP) is 1.50. The molecule has 1 aliphatic carbocycles. The van der Waals surface area contributed by atoms with E-state index in [4.69, 9.17) is 10.5 Å². The molecule has 2 rings (SSSR count). The summed E-state index contributed by atoms with van der Waals surface area (Å²) in [7, 11) is -3.30. The highest BCUT2D eigenvalue weighted by atomic mass is 32.2. The van der Waals surface area contributed by atoms with Gasteiger partial charge in [0.15, 0.2) is 15.7 Å². The van der Waals surface area contributed by atoms with Gasteiger partial charge in [0.2, 0.25) is 0 Å². The highest BCUT2D eigenvalue weighted by Gasteiger charge is 2.40. The number of nitrogens with two attached hydrogens (primary N) is 1. The van der Waals surface area contributed by atoms with Gasteiger partial charge in [-0.1, -0.05) is 0 Å². The summed E-state index contributed by atoms with van der Waals surface area (Å²) in [5.74, 6) is 0.115. The predicted molar refractivity (Wildman–Crippen MR) is 76.3 cm³/mol. The number of sulfone groups is 1. The maximum Gasteiger partial charge on any atom is 0.187 e. The summed E-state index contributed by atoms with van der Waals surface area (Å²) in [6, 6.07) is 0. The normalized spacial score (nSPS) is 15.6. The van der Waals surface area contributed by atoms with E-state index in [-0.39, 0.29) is 16.0 Å². The van der Waals surface area contributed by atoms with Crippen LogP contribution in [-0.4, -0.2) is 37.8 Å². The molecule has 0 unspecified atom stereocenters. The lowest BCUT2D eigenvalue weighted by Gasteiger charge is -2.07. The molecule has 0 aromatic carbocycles. The van der Waals surface area contributed by atoms with Crippen molar-refractivity contribution < 1.29 is 13.2 Å². The van der Waals surface area contributed by atoms with Crippen molar-refractivity contribution in [1.29, 1.82) is 0 Å². The number of nitrogens with one attached hydrogen (secondary N) is 1. The summed E-state index contributed by atoms with van der Waals surface area (Å²) in [4.78, 5) is 0.191. The van der Waals surface area contributed by atoms with Gasteiger partial charge in [0.1, 0.15) is 9.90 Å². The minimum absolute atomic E-state index is 0.115. The van der Waals surface area contributed by atoms with Gasteiger partial charge in [-0.3, -0.25) is 0 Å². The number of nitrogens with zero attached hydrogens (tertiary/aromatic N) is 1. The lowest BCUT2D eigenvalue weighted by Crippen LogP contribution is -2.12. The topological polar surface area (TPSA) is 94.3 Å². The maximum absolute atomic E-state index is 12.3. The fraction of sp³-hybridized carbons (Fsp3) is 0.727. The third-order valence-electron chi connectivity index (χ3n) is 2.88. The van der Waals surface area contributed by atoms with Crippen molar-refractivity contribution >= 4 is 32.2 Å². The van der Waals surface area contributed by atoms with Crippen LogP contribution in [0.3, 0.4) is 0 Å². The van der Waals surface area contributed by atoms with Gasteiger partial charge in [0, 0.05) is 19.8 Å². The monoisotopic (exact) mass is 305 g/mol. The van der Waals surface area contributed by atoms with E-state index in [1.54, 1.807) is 0 Å². The van der Waals surface area contributed by atoms with Crippen LogP contribution in [0.25, 0.3) is 0 Å². The zero-order valence-corrected chi connectivity index (χ0v) is 12.5. The second-order valence-electron chi connectivity index (χ2n) is 4.45. The summed E-state index contributed by atoms with van der Waals surface area (Å²) in [6.45, 7) is 3.93. The van der Waals surface area contributed by atoms with Crippen LogP contribution in [0.2, 0.25) is 0 Å². The Bertz CT molecular complexity index is 523. The van der Waals surface area contributed by atoms with Crippen molar-refractivity contribution in [2.45, 2.75) is 36.3 Å². The molecule has 1 aliphatic rings. The minimum atomic E-state index is -3.30. The fourth-order valence-corrected chi connectivity index (χ4v) is 4.66. The van der Waals surface area contributed by atoms with Crippen LogP contribution in [0.1, 0.15) is 26.2 Å². The van der Waals surface area contributed by atoms with Crippen molar-refractivity contribution in [3.63, 3.8) is 0 Å². The minimum Gasteiger partial charge on any atom is -0.382 e. The molecule has 0 spiro atoms. The number of hydrogen-bond acceptors (Lipinski definition) is 7. The largest absolute Gasteiger partial charge is 0.382 e. The van der Waals surface area contributed by atoms with Gasteiger partial charge >= 0.3 is 0 Å². The molecule has 1 saturated carbocycles. The molecule has 8 heteroatoms. The lowest BCUT2D eigenvalue weighted by molar-refractivity contribution is 0.147. The molecule has 0 radical (unpaired) electrons. The number of anilines is 2. The molecule has 1 aromatic rings. The maximum atomic E-state index is 12.3. The Morgan fingerprint density at radius 2 is 2.26 bits per heavy atom. The first kappa shape index (κ1) is 14.5. The van der Waals surface area contributed by atoms with Crippen molar-refractivity contribution in [3.8, 4) is 0 Å². The van der Waals surface area contributed by atoms with Gasteiger partial charge in [0.05, 0.1) is 5.25 Å². The first-order chi connectivity index (χ1) is 9.07. The van der Waals surface area contributed by atoms with E-state index in [0.717, 1.165) is 30.8 Å². The standard InChI is InChI=1S/C11H19N3O3S2/c1-2-17-7-3-6-13-11-9(10(12)14-18-11)19(15,16)8-4-5-8/h8,13H,2-7H2,1H3,(H2,12,14). The SMILES string of the molecule is CCOCCCNc1snc(N)c1S(=O)(=O)C1CC1. The lowest BCUT2D eigenvalue weighted by atomic mass is 10.4. The van der Waals surface area contributed by atoms with Crippen molar-refractivity contribution in [3.05, 3.63) is 0 Å². The number of nitrogen functional groups attached to an aromatic ring is 1. The summed E-state index contributed by atoms with van der Waals surface area (Å²) >= 11 is 1.11. The third kappa shape index (κ3) is 3.37. The Balaban J connectivity index is 2.02. The van der Waals surface area contributed by atoms with Crippen LogP contribution in [0.5, 0.6) is 0 Å². The average molecular weight is 305 g/mol. The fourth-order valence-electron chi connectivity index (χ4n) is 1.75. The van der Waals surface area contributed by atoms with E-state index < -0.39 is 9.84 Å². The molecule has 0 aliphatic heterocycles. The van der Waals surface area contributed by atoms with Gasteiger partial charge in [0.25, 0.3) is 0 Å². The smallest absolute Gasteiger partial charge is 0.187 e. The molecule has 1 aromatic heterocycles. The zero-order chi connectivity index (χ0) is 13.9. The number of rotatable bonds is 8. The Kier molecular flexibility index (Phi) is 4.64. The van der Waals surface area contributed by atoms with E-state index in [9.17, 15) is 8.42 Å². The highest BCUT2D eigenvalue weighted by Crippen LogP contribution is 2.40. The van der Waals surface area contributed by atoms with E-state index in [0.29, 0.717) is 24.8 Å². The van der Waals surface area contributed by atoms with Crippen molar-refractivity contribution in [1.82, 2.24) is 4.37 Å². The molecule has 3 N–H and O–H groups in total. The quantitative estimate of drug-likeness (QED) is 0.707. The number of hydrogen-bond donors (Lipinski definition) is 2. The van der Waals surface area contributed by atoms with Crippen LogP contribution in [0.4, 0.5) is 10.8 Å².